The van der Waals surface area contributed by atoms with Crippen molar-refractivity contribution in [1.29, 1.82) is 0 Å². The van der Waals surface area contributed by atoms with E-state index in [4.69, 9.17) is 21.9 Å². The van der Waals surface area contributed by atoms with Gasteiger partial charge in [0.15, 0.2) is 5.82 Å². The molecule has 21 heavy (non-hydrogen) atoms. The Morgan fingerprint density at radius 2 is 2.19 bits per heavy atom. The third-order valence-corrected chi connectivity index (χ3v) is 5.36. The second-order valence-electron chi connectivity index (χ2n) is 4.40. The third kappa shape index (κ3) is 3.23. The summed E-state index contributed by atoms with van der Waals surface area (Å²) >= 11 is 9.15. The number of nitrogens with zero attached hydrogens (tertiary/aromatic N) is 2. The number of hydrogen-bond acceptors (Lipinski definition) is 6. The SMILES string of the molecule is Cc1cc(N)sc1-c1nc(CSc2ccccc2Cl)no1. The minimum atomic E-state index is 0.518. The monoisotopic (exact) mass is 337 g/mol. The Hall–Kier alpha value is -1.50. The molecule has 0 unspecified atom stereocenters. The predicted molar refractivity (Wildman–Crippen MR) is 87.8 cm³/mol. The van der Waals surface area contributed by atoms with Crippen molar-refractivity contribution in [3.05, 3.63) is 46.7 Å². The molecule has 0 saturated carbocycles. The number of nitrogen functional groups attached to an aromatic ring is 1. The number of thiophene rings is 1. The molecule has 3 aromatic rings. The molecule has 0 atom stereocenters. The van der Waals surface area contributed by atoms with E-state index in [0.29, 0.717) is 17.5 Å². The van der Waals surface area contributed by atoms with Gasteiger partial charge in [-0.25, -0.2) is 0 Å². The molecule has 0 aliphatic rings. The highest BCUT2D eigenvalue weighted by Gasteiger charge is 2.14. The summed E-state index contributed by atoms with van der Waals surface area (Å²) in [5.74, 6) is 1.76. The molecule has 2 aromatic heterocycles. The molecule has 0 aliphatic carbocycles. The maximum Gasteiger partial charge on any atom is 0.268 e. The first-order valence-electron chi connectivity index (χ1n) is 6.19. The molecule has 2 N–H and O–H groups in total. The van der Waals surface area contributed by atoms with Gasteiger partial charge in [0.1, 0.15) is 0 Å². The zero-order valence-corrected chi connectivity index (χ0v) is 13.6. The minimum Gasteiger partial charge on any atom is -0.391 e. The third-order valence-electron chi connectivity index (χ3n) is 2.79. The zero-order chi connectivity index (χ0) is 14.8. The lowest BCUT2D eigenvalue weighted by Gasteiger charge is -2.00. The van der Waals surface area contributed by atoms with E-state index in [-0.39, 0.29) is 0 Å². The van der Waals surface area contributed by atoms with Crippen molar-refractivity contribution in [1.82, 2.24) is 10.1 Å². The quantitative estimate of drug-likeness (QED) is 0.703. The number of benzene rings is 1. The highest BCUT2D eigenvalue weighted by Crippen LogP contribution is 2.33. The van der Waals surface area contributed by atoms with Gasteiger partial charge in [-0.05, 0) is 30.7 Å². The van der Waals surface area contributed by atoms with Crippen LogP contribution in [0.3, 0.4) is 0 Å². The Balaban J connectivity index is 1.74. The zero-order valence-electron chi connectivity index (χ0n) is 11.2. The van der Waals surface area contributed by atoms with Gasteiger partial charge < -0.3 is 10.3 Å². The van der Waals surface area contributed by atoms with Gasteiger partial charge in [0.2, 0.25) is 0 Å². The van der Waals surface area contributed by atoms with Gasteiger partial charge in [-0.15, -0.1) is 23.1 Å². The lowest BCUT2D eigenvalue weighted by Crippen LogP contribution is -1.84. The molecule has 2 heterocycles. The van der Waals surface area contributed by atoms with E-state index in [2.05, 4.69) is 10.1 Å². The van der Waals surface area contributed by atoms with Crippen LogP contribution in [-0.2, 0) is 5.75 Å². The number of anilines is 1. The smallest absolute Gasteiger partial charge is 0.268 e. The van der Waals surface area contributed by atoms with Gasteiger partial charge in [0, 0.05) is 4.90 Å². The number of halogens is 1. The van der Waals surface area contributed by atoms with E-state index in [0.717, 1.165) is 25.4 Å². The number of hydrogen-bond donors (Lipinski definition) is 1. The molecule has 7 heteroatoms. The molecular formula is C14H12ClN3OS2. The fourth-order valence-corrected chi connectivity index (χ4v) is 3.77. The van der Waals surface area contributed by atoms with Crippen LogP contribution in [0.5, 0.6) is 0 Å². The summed E-state index contributed by atoms with van der Waals surface area (Å²) in [6, 6.07) is 9.60. The van der Waals surface area contributed by atoms with Crippen molar-refractivity contribution in [2.24, 2.45) is 0 Å². The Kier molecular flexibility index (Phi) is 4.19. The van der Waals surface area contributed by atoms with Crippen LogP contribution < -0.4 is 5.73 Å². The lowest BCUT2D eigenvalue weighted by molar-refractivity contribution is 0.426. The van der Waals surface area contributed by atoms with Crippen molar-refractivity contribution in [2.75, 3.05) is 5.73 Å². The Morgan fingerprint density at radius 3 is 2.90 bits per heavy atom. The Morgan fingerprint density at radius 1 is 1.38 bits per heavy atom. The van der Waals surface area contributed by atoms with Crippen LogP contribution in [0.15, 0.2) is 39.8 Å². The van der Waals surface area contributed by atoms with Gasteiger partial charge in [-0.3, -0.25) is 0 Å². The number of nitrogens with two attached hydrogens (primary N) is 1. The van der Waals surface area contributed by atoms with Crippen molar-refractivity contribution >= 4 is 39.7 Å². The molecule has 0 bridgehead atoms. The minimum absolute atomic E-state index is 0.518. The van der Waals surface area contributed by atoms with E-state index in [1.54, 1.807) is 11.8 Å². The molecule has 0 radical (unpaired) electrons. The number of aryl methyl sites for hydroxylation is 1. The van der Waals surface area contributed by atoms with Gasteiger partial charge in [-0.2, -0.15) is 4.98 Å². The van der Waals surface area contributed by atoms with Crippen molar-refractivity contribution in [3.8, 4) is 10.8 Å². The van der Waals surface area contributed by atoms with Crippen LogP contribution >= 0.6 is 34.7 Å². The van der Waals surface area contributed by atoms with Crippen LogP contribution in [0, 0.1) is 6.92 Å². The molecule has 108 valence electrons. The average Bonchev–Trinajstić information content (AvgIpc) is 3.04. The maximum absolute atomic E-state index is 6.12. The first-order chi connectivity index (χ1) is 10.1. The number of thioether (sulfide) groups is 1. The van der Waals surface area contributed by atoms with Gasteiger partial charge in [-0.1, -0.05) is 28.9 Å². The summed E-state index contributed by atoms with van der Waals surface area (Å²) in [6.07, 6.45) is 0. The number of aromatic nitrogens is 2. The second-order valence-corrected chi connectivity index (χ2v) is 6.90. The van der Waals surface area contributed by atoms with Crippen LogP contribution in [-0.4, -0.2) is 10.1 Å². The first kappa shape index (κ1) is 14.4. The summed E-state index contributed by atoms with van der Waals surface area (Å²) in [6.45, 7) is 1.98. The predicted octanol–water partition coefficient (Wildman–Crippen LogP) is 4.63. The Labute approximate surface area is 135 Å². The highest BCUT2D eigenvalue weighted by atomic mass is 35.5. The topological polar surface area (TPSA) is 64.9 Å². The molecule has 0 amide bonds. The normalized spacial score (nSPS) is 11.0. The molecular weight excluding hydrogens is 326 g/mol. The van der Waals surface area contributed by atoms with Crippen molar-refractivity contribution in [3.63, 3.8) is 0 Å². The number of rotatable bonds is 4. The summed E-state index contributed by atoms with van der Waals surface area (Å²) in [5, 5.41) is 5.48. The van der Waals surface area contributed by atoms with Gasteiger partial charge in [0.25, 0.3) is 5.89 Å². The van der Waals surface area contributed by atoms with Crippen molar-refractivity contribution < 1.29 is 4.52 Å². The standard InChI is InChI=1S/C14H12ClN3OS2/c1-8-6-11(16)21-13(8)14-17-12(18-19-14)7-20-10-5-3-2-4-9(10)15/h2-6H,7,16H2,1H3. The van der Waals surface area contributed by atoms with Crippen LogP contribution in [0.4, 0.5) is 5.00 Å². The summed E-state index contributed by atoms with van der Waals surface area (Å²) < 4.78 is 5.31. The largest absolute Gasteiger partial charge is 0.391 e. The summed E-state index contributed by atoms with van der Waals surface area (Å²) in [7, 11) is 0. The van der Waals surface area contributed by atoms with E-state index in [9.17, 15) is 0 Å². The van der Waals surface area contributed by atoms with E-state index >= 15 is 0 Å². The van der Waals surface area contributed by atoms with Crippen LogP contribution in [0.25, 0.3) is 10.8 Å². The molecule has 3 rings (SSSR count). The second kappa shape index (κ2) is 6.09. The van der Waals surface area contributed by atoms with Crippen molar-refractivity contribution in [2.45, 2.75) is 17.6 Å². The molecule has 4 nitrogen and oxygen atoms in total. The highest BCUT2D eigenvalue weighted by molar-refractivity contribution is 7.98. The average molecular weight is 338 g/mol. The molecule has 0 saturated heterocycles. The summed E-state index contributed by atoms with van der Waals surface area (Å²) in [4.78, 5) is 6.34. The van der Waals surface area contributed by atoms with E-state index < -0.39 is 0 Å². The Bertz CT molecular complexity index is 769. The first-order valence-corrected chi connectivity index (χ1v) is 8.37. The van der Waals surface area contributed by atoms with Gasteiger partial charge >= 0.3 is 0 Å². The lowest BCUT2D eigenvalue weighted by atomic mass is 10.3. The van der Waals surface area contributed by atoms with E-state index in [1.807, 2.05) is 37.3 Å². The van der Waals surface area contributed by atoms with Gasteiger partial charge in [0.05, 0.1) is 20.7 Å². The van der Waals surface area contributed by atoms with E-state index in [1.165, 1.54) is 11.3 Å². The fourth-order valence-electron chi connectivity index (χ4n) is 1.83. The summed E-state index contributed by atoms with van der Waals surface area (Å²) in [5.41, 5.74) is 6.83. The fraction of sp³-hybridized carbons (Fsp3) is 0.143. The molecule has 0 spiro atoms. The maximum atomic E-state index is 6.12. The van der Waals surface area contributed by atoms with Crippen LogP contribution in [0.2, 0.25) is 5.02 Å². The molecule has 0 fully saturated rings. The van der Waals surface area contributed by atoms with Crippen LogP contribution in [0.1, 0.15) is 11.4 Å². The molecule has 1 aromatic carbocycles. The molecule has 0 aliphatic heterocycles.